The van der Waals surface area contributed by atoms with Gasteiger partial charge in [0.2, 0.25) is 5.89 Å². The van der Waals surface area contributed by atoms with Crippen molar-refractivity contribution in [3.63, 3.8) is 0 Å². The fourth-order valence-corrected chi connectivity index (χ4v) is 4.42. The van der Waals surface area contributed by atoms with E-state index in [1.54, 1.807) is 0 Å². The van der Waals surface area contributed by atoms with Crippen LogP contribution in [0.4, 0.5) is 0 Å². The van der Waals surface area contributed by atoms with Gasteiger partial charge in [0.1, 0.15) is 5.76 Å². The second-order valence-electron chi connectivity index (χ2n) is 5.82. The number of hydrogen-bond donors (Lipinski definition) is 0. The molecule has 0 unspecified atom stereocenters. The largest absolute Gasteiger partial charge is 0.441 e. The Morgan fingerprint density at radius 2 is 1.78 bits per heavy atom. The second kappa shape index (κ2) is 6.93. The molecular formula is C19H21NOS2. The van der Waals surface area contributed by atoms with E-state index in [-0.39, 0.29) is 0 Å². The third kappa shape index (κ3) is 3.70. The molecule has 0 aliphatic carbocycles. The molecule has 0 saturated carbocycles. The van der Waals surface area contributed by atoms with Crippen LogP contribution in [-0.4, -0.2) is 4.98 Å². The molecule has 120 valence electrons. The van der Waals surface area contributed by atoms with E-state index in [4.69, 9.17) is 4.42 Å². The summed E-state index contributed by atoms with van der Waals surface area (Å²) in [6.07, 6.45) is 0. The minimum atomic E-state index is 0.723. The van der Waals surface area contributed by atoms with E-state index in [1.165, 1.54) is 21.6 Å². The highest BCUT2D eigenvalue weighted by Gasteiger charge is 2.12. The van der Waals surface area contributed by atoms with Gasteiger partial charge in [-0.2, -0.15) is 11.8 Å². The lowest BCUT2D eigenvalue weighted by Crippen LogP contribution is -1.87. The highest BCUT2D eigenvalue weighted by molar-refractivity contribution is 7.97. The summed E-state index contributed by atoms with van der Waals surface area (Å²) in [4.78, 5) is 6.10. The quantitative estimate of drug-likeness (QED) is 0.562. The molecule has 3 aromatic rings. The number of thioether (sulfide) groups is 1. The Bertz CT molecular complexity index is 799. The summed E-state index contributed by atoms with van der Waals surface area (Å²) in [7, 11) is 0. The van der Waals surface area contributed by atoms with Gasteiger partial charge in [-0.25, -0.2) is 4.98 Å². The van der Waals surface area contributed by atoms with Crippen LogP contribution in [0, 0.1) is 27.7 Å². The molecule has 2 nitrogen and oxygen atoms in total. The average Bonchev–Trinajstić information content (AvgIpc) is 3.05. The first kappa shape index (κ1) is 16.3. The monoisotopic (exact) mass is 343 g/mol. The number of rotatable bonds is 5. The third-order valence-electron chi connectivity index (χ3n) is 4.08. The normalized spacial score (nSPS) is 11.1. The summed E-state index contributed by atoms with van der Waals surface area (Å²) in [6.45, 7) is 8.48. The van der Waals surface area contributed by atoms with E-state index in [2.05, 4.69) is 55.4 Å². The SMILES string of the molecule is Cc1ccc(-c2nc(CSCc3csc(C)c3C)c(C)o2)cc1. The lowest BCUT2D eigenvalue weighted by molar-refractivity contribution is 0.540. The Morgan fingerprint density at radius 3 is 2.43 bits per heavy atom. The van der Waals surface area contributed by atoms with Gasteiger partial charge in [-0.05, 0) is 56.3 Å². The van der Waals surface area contributed by atoms with Gasteiger partial charge >= 0.3 is 0 Å². The van der Waals surface area contributed by atoms with Crippen molar-refractivity contribution in [3.8, 4) is 11.5 Å². The molecule has 0 spiro atoms. The van der Waals surface area contributed by atoms with Crippen molar-refractivity contribution in [3.05, 3.63) is 62.7 Å². The molecule has 4 heteroatoms. The van der Waals surface area contributed by atoms with Gasteiger partial charge in [0.05, 0.1) is 5.69 Å². The Morgan fingerprint density at radius 1 is 1.04 bits per heavy atom. The first-order valence-corrected chi connectivity index (χ1v) is 9.72. The fraction of sp³-hybridized carbons (Fsp3) is 0.316. The average molecular weight is 344 g/mol. The molecule has 2 heterocycles. The lowest BCUT2D eigenvalue weighted by atomic mass is 10.1. The number of benzene rings is 1. The van der Waals surface area contributed by atoms with Gasteiger partial charge in [-0.1, -0.05) is 17.7 Å². The summed E-state index contributed by atoms with van der Waals surface area (Å²) in [5.41, 5.74) is 6.21. The van der Waals surface area contributed by atoms with Crippen molar-refractivity contribution < 1.29 is 4.42 Å². The first-order chi connectivity index (χ1) is 11.0. The molecule has 0 amide bonds. The maximum atomic E-state index is 5.85. The third-order valence-corrected chi connectivity index (χ3v) is 6.13. The number of oxazole rings is 1. The van der Waals surface area contributed by atoms with Crippen LogP contribution < -0.4 is 0 Å². The Balaban J connectivity index is 1.67. The van der Waals surface area contributed by atoms with E-state index in [0.717, 1.165) is 34.4 Å². The highest BCUT2D eigenvalue weighted by Crippen LogP contribution is 2.28. The molecule has 0 fully saturated rings. The zero-order valence-corrected chi connectivity index (χ0v) is 15.6. The van der Waals surface area contributed by atoms with Gasteiger partial charge in [0.15, 0.2) is 0 Å². The van der Waals surface area contributed by atoms with Crippen LogP contribution in [0.2, 0.25) is 0 Å². The Labute approximate surface area is 146 Å². The van der Waals surface area contributed by atoms with Crippen molar-refractivity contribution in [2.24, 2.45) is 0 Å². The van der Waals surface area contributed by atoms with Gasteiger partial charge in [0, 0.05) is 21.9 Å². The number of thiophene rings is 1. The standard InChI is InChI=1S/C19H21NOS2/c1-12-5-7-16(8-6-12)19-20-18(14(3)21-19)11-22-9-17-10-23-15(4)13(17)2/h5-8,10H,9,11H2,1-4H3. The van der Waals surface area contributed by atoms with E-state index in [1.807, 2.05) is 30.0 Å². The van der Waals surface area contributed by atoms with Crippen molar-refractivity contribution in [1.29, 1.82) is 0 Å². The summed E-state index contributed by atoms with van der Waals surface area (Å²) >= 11 is 3.73. The molecule has 2 aromatic heterocycles. The topological polar surface area (TPSA) is 26.0 Å². The van der Waals surface area contributed by atoms with Crippen LogP contribution in [0.25, 0.3) is 11.5 Å². The van der Waals surface area contributed by atoms with Gasteiger partial charge in [0.25, 0.3) is 0 Å². The minimum absolute atomic E-state index is 0.723. The summed E-state index contributed by atoms with van der Waals surface area (Å²) in [5, 5.41) is 2.27. The molecule has 0 atom stereocenters. The summed E-state index contributed by atoms with van der Waals surface area (Å²) < 4.78 is 5.85. The smallest absolute Gasteiger partial charge is 0.226 e. The van der Waals surface area contributed by atoms with Crippen LogP contribution in [-0.2, 0) is 11.5 Å². The predicted octanol–water partition coefficient (Wildman–Crippen LogP) is 6.07. The maximum Gasteiger partial charge on any atom is 0.226 e. The van der Waals surface area contributed by atoms with E-state index in [0.29, 0.717) is 0 Å². The molecule has 1 aromatic carbocycles. The van der Waals surface area contributed by atoms with E-state index >= 15 is 0 Å². The fourth-order valence-electron chi connectivity index (χ4n) is 2.34. The van der Waals surface area contributed by atoms with Gasteiger partial charge < -0.3 is 4.42 Å². The summed E-state index contributed by atoms with van der Waals surface area (Å²) in [6, 6.07) is 8.31. The van der Waals surface area contributed by atoms with Crippen LogP contribution >= 0.6 is 23.1 Å². The molecule has 0 radical (unpaired) electrons. The molecule has 0 aliphatic heterocycles. The number of hydrogen-bond acceptors (Lipinski definition) is 4. The molecular weight excluding hydrogens is 322 g/mol. The van der Waals surface area contributed by atoms with Gasteiger partial charge in [-0.15, -0.1) is 11.3 Å². The zero-order chi connectivity index (χ0) is 16.4. The second-order valence-corrected chi connectivity index (χ2v) is 7.89. The molecule has 23 heavy (non-hydrogen) atoms. The molecule has 0 saturated heterocycles. The number of aryl methyl sites for hydroxylation is 3. The zero-order valence-electron chi connectivity index (χ0n) is 14.0. The van der Waals surface area contributed by atoms with Crippen molar-refractivity contribution in [2.75, 3.05) is 0 Å². The van der Waals surface area contributed by atoms with Crippen LogP contribution in [0.1, 0.15) is 33.0 Å². The van der Waals surface area contributed by atoms with Crippen LogP contribution in [0.3, 0.4) is 0 Å². The van der Waals surface area contributed by atoms with Crippen molar-refractivity contribution in [2.45, 2.75) is 39.2 Å². The predicted molar refractivity (Wildman–Crippen MR) is 100 cm³/mol. The van der Waals surface area contributed by atoms with E-state index < -0.39 is 0 Å². The molecule has 3 rings (SSSR count). The van der Waals surface area contributed by atoms with Crippen molar-refractivity contribution in [1.82, 2.24) is 4.98 Å². The van der Waals surface area contributed by atoms with Crippen LogP contribution in [0.15, 0.2) is 34.1 Å². The number of nitrogens with zero attached hydrogens (tertiary/aromatic N) is 1. The lowest BCUT2D eigenvalue weighted by Gasteiger charge is -2.00. The van der Waals surface area contributed by atoms with Crippen LogP contribution in [0.5, 0.6) is 0 Å². The minimum Gasteiger partial charge on any atom is -0.441 e. The van der Waals surface area contributed by atoms with Gasteiger partial charge in [-0.3, -0.25) is 0 Å². The molecule has 0 bridgehead atoms. The first-order valence-electron chi connectivity index (χ1n) is 7.69. The molecule has 0 N–H and O–H groups in total. The van der Waals surface area contributed by atoms with E-state index in [9.17, 15) is 0 Å². The number of aromatic nitrogens is 1. The maximum absolute atomic E-state index is 5.85. The Hall–Kier alpha value is -1.52. The highest BCUT2D eigenvalue weighted by atomic mass is 32.2. The van der Waals surface area contributed by atoms with Crippen molar-refractivity contribution >= 4 is 23.1 Å². The molecule has 0 aliphatic rings. The Kier molecular flexibility index (Phi) is 4.93. The summed E-state index contributed by atoms with van der Waals surface area (Å²) in [5.74, 6) is 3.56.